The Balaban J connectivity index is 2.03. The molecule has 0 spiro atoms. The zero-order chi connectivity index (χ0) is 17.6. The van der Waals surface area contributed by atoms with Crippen molar-refractivity contribution in [2.75, 3.05) is 13.6 Å². The number of aliphatic carboxylic acids is 1. The maximum atomic E-state index is 12.9. The van der Waals surface area contributed by atoms with E-state index in [-0.39, 0.29) is 12.5 Å². The van der Waals surface area contributed by atoms with Crippen LogP contribution >= 0.6 is 0 Å². The molecule has 1 fully saturated rings. The third-order valence-electron chi connectivity index (χ3n) is 4.53. The molecular weight excluding hydrogens is 308 g/mol. The summed E-state index contributed by atoms with van der Waals surface area (Å²) in [5.74, 6) is -1.30. The molecule has 7 heteroatoms. The molecular formula is C17H22N4O3. The van der Waals surface area contributed by atoms with Crippen LogP contribution in [-0.4, -0.2) is 50.2 Å². The first-order valence-electron chi connectivity index (χ1n) is 8.12. The van der Waals surface area contributed by atoms with E-state index in [4.69, 9.17) is 5.11 Å². The normalized spacial score (nSPS) is 15.5. The number of carboxylic acids is 1. The summed E-state index contributed by atoms with van der Waals surface area (Å²) in [6.45, 7) is 3.62. The number of rotatable bonds is 5. The zero-order valence-corrected chi connectivity index (χ0v) is 14.4. The van der Waals surface area contributed by atoms with Crippen LogP contribution in [0.25, 0.3) is 11.0 Å². The fourth-order valence-electron chi connectivity index (χ4n) is 3.00. The number of aryl methyl sites for hydroxylation is 2. The smallest absolute Gasteiger partial charge is 0.308 e. The summed E-state index contributed by atoms with van der Waals surface area (Å²) in [6, 6.07) is 1.86. The molecule has 2 aromatic heterocycles. The second-order valence-corrected chi connectivity index (χ2v) is 6.70. The average molecular weight is 330 g/mol. The van der Waals surface area contributed by atoms with Crippen molar-refractivity contribution >= 4 is 22.9 Å². The van der Waals surface area contributed by atoms with Crippen molar-refractivity contribution in [1.29, 1.82) is 0 Å². The Bertz CT molecular complexity index is 823. The zero-order valence-electron chi connectivity index (χ0n) is 14.4. The molecule has 24 heavy (non-hydrogen) atoms. The van der Waals surface area contributed by atoms with Crippen LogP contribution in [-0.2, 0) is 11.8 Å². The lowest BCUT2D eigenvalue weighted by Crippen LogP contribution is -2.34. The average Bonchev–Trinajstić information content (AvgIpc) is 3.33. The highest BCUT2D eigenvalue weighted by Crippen LogP contribution is 2.40. The number of nitrogens with zero attached hydrogens (tertiary/aromatic N) is 4. The van der Waals surface area contributed by atoms with Crippen molar-refractivity contribution in [1.82, 2.24) is 19.7 Å². The summed E-state index contributed by atoms with van der Waals surface area (Å²) in [5.41, 5.74) is 2.95. The minimum Gasteiger partial charge on any atom is -0.481 e. The molecule has 1 aliphatic carbocycles. The number of fused-ring (bicyclic) bond motifs is 1. The molecule has 0 bridgehead atoms. The van der Waals surface area contributed by atoms with Crippen LogP contribution < -0.4 is 0 Å². The van der Waals surface area contributed by atoms with E-state index in [1.807, 2.05) is 20.0 Å². The van der Waals surface area contributed by atoms with Crippen LogP contribution in [0.15, 0.2) is 6.07 Å². The second-order valence-electron chi connectivity index (χ2n) is 6.70. The van der Waals surface area contributed by atoms with Crippen molar-refractivity contribution in [3.8, 4) is 0 Å². The minimum absolute atomic E-state index is 0.163. The molecule has 3 rings (SSSR count). The van der Waals surface area contributed by atoms with Crippen molar-refractivity contribution in [2.45, 2.75) is 32.6 Å². The van der Waals surface area contributed by atoms with E-state index in [2.05, 4.69) is 10.1 Å². The van der Waals surface area contributed by atoms with E-state index < -0.39 is 11.9 Å². The van der Waals surface area contributed by atoms with E-state index >= 15 is 0 Å². The van der Waals surface area contributed by atoms with E-state index in [0.717, 1.165) is 29.6 Å². The maximum Gasteiger partial charge on any atom is 0.308 e. The predicted molar refractivity (Wildman–Crippen MR) is 89.0 cm³/mol. The van der Waals surface area contributed by atoms with Gasteiger partial charge in [0.2, 0.25) is 0 Å². The third kappa shape index (κ3) is 2.86. The molecule has 1 aliphatic rings. The lowest BCUT2D eigenvalue weighted by Gasteiger charge is -2.20. The molecule has 128 valence electrons. The van der Waals surface area contributed by atoms with Crippen molar-refractivity contribution < 1.29 is 14.7 Å². The van der Waals surface area contributed by atoms with E-state index in [1.54, 1.807) is 18.7 Å². The maximum absolute atomic E-state index is 12.9. The molecule has 1 atom stereocenters. The number of hydrogen-bond acceptors (Lipinski definition) is 4. The fraction of sp³-hybridized carbons (Fsp3) is 0.529. The molecule has 1 saturated carbocycles. The van der Waals surface area contributed by atoms with Crippen LogP contribution in [0.1, 0.15) is 47.4 Å². The molecule has 0 aromatic carbocycles. The highest BCUT2D eigenvalue weighted by atomic mass is 16.4. The summed E-state index contributed by atoms with van der Waals surface area (Å²) < 4.78 is 1.70. The van der Waals surface area contributed by atoms with E-state index in [0.29, 0.717) is 17.1 Å². The summed E-state index contributed by atoms with van der Waals surface area (Å²) in [6.07, 6.45) is 2.18. The van der Waals surface area contributed by atoms with E-state index in [1.165, 1.54) is 4.90 Å². The van der Waals surface area contributed by atoms with Gasteiger partial charge in [0.1, 0.15) is 0 Å². The van der Waals surface area contributed by atoms with Crippen LogP contribution in [0.5, 0.6) is 0 Å². The van der Waals surface area contributed by atoms with Gasteiger partial charge < -0.3 is 10.0 Å². The number of hydrogen-bond donors (Lipinski definition) is 1. The summed E-state index contributed by atoms with van der Waals surface area (Å²) in [7, 11) is 3.46. The van der Waals surface area contributed by atoms with E-state index in [9.17, 15) is 9.59 Å². The van der Waals surface area contributed by atoms with Gasteiger partial charge in [-0.15, -0.1) is 0 Å². The molecule has 2 heterocycles. The predicted octanol–water partition coefficient (Wildman–Crippen LogP) is 1.95. The van der Waals surface area contributed by atoms with Crippen LogP contribution in [0.4, 0.5) is 0 Å². The number of pyridine rings is 1. The lowest BCUT2D eigenvalue weighted by molar-refractivity contribution is -0.141. The number of carboxylic acid groups (broad SMARTS) is 1. The Labute approximate surface area is 140 Å². The third-order valence-corrected chi connectivity index (χ3v) is 4.53. The van der Waals surface area contributed by atoms with Gasteiger partial charge in [-0.2, -0.15) is 5.10 Å². The Hall–Kier alpha value is -2.44. The Kier molecular flexibility index (Phi) is 4.03. The SMILES string of the molecule is Cc1nn(C)c2nc(C3CC3)cc(C(=O)N(C)CC(C)C(=O)O)c12. The second kappa shape index (κ2) is 5.89. The van der Waals surface area contributed by atoms with Crippen molar-refractivity contribution in [2.24, 2.45) is 13.0 Å². The van der Waals surface area contributed by atoms with Crippen molar-refractivity contribution in [3.63, 3.8) is 0 Å². The van der Waals surface area contributed by atoms with Gasteiger partial charge in [-0.1, -0.05) is 6.92 Å². The van der Waals surface area contributed by atoms with Gasteiger partial charge >= 0.3 is 5.97 Å². The topological polar surface area (TPSA) is 88.3 Å². The molecule has 7 nitrogen and oxygen atoms in total. The largest absolute Gasteiger partial charge is 0.481 e. The standard InChI is InChI=1S/C17H22N4O3/c1-9(17(23)24)8-20(3)16(22)12-7-13(11-5-6-11)18-15-14(12)10(2)19-21(15)4/h7,9,11H,5-6,8H2,1-4H3,(H,23,24). The number of amides is 1. The Morgan fingerprint density at radius 2 is 2.12 bits per heavy atom. The van der Waals surface area contributed by atoms with Crippen LogP contribution in [0.3, 0.4) is 0 Å². The van der Waals surface area contributed by atoms with Gasteiger partial charge in [0, 0.05) is 32.3 Å². The summed E-state index contributed by atoms with van der Waals surface area (Å²) in [4.78, 5) is 30.1. The highest BCUT2D eigenvalue weighted by Gasteiger charge is 2.29. The minimum atomic E-state index is -0.911. The van der Waals surface area contributed by atoms with Gasteiger partial charge in [-0.25, -0.2) is 4.98 Å². The van der Waals surface area contributed by atoms with Gasteiger partial charge in [0.25, 0.3) is 5.91 Å². The Morgan fingerprint density at radius 3 is 2.71 bits per heavy atom. The van der Waals surface area contributed by atoms with Gasteiger partial charge in [-0.3, -0.25) is 14.3 Å². The number of carbonyl (C=O) groups is 2. The molecule has 0 saturated heterocycles. The summed E-state index contributed by atoms with van der Waals surface area (Å²) in [5, 5.41) is 14.2. The number of carbonyl (C=O) groups excluding carboxylic acids is 1. The molecule has 1 unspecified atom stereocenters. The quantitative estimate of drug-likeness (QED) is 0.905. The van der Waals surface area contributed by atoms with Crippen LogP contribution in [0, 0.1) is 12.8 Å². The number of aromatic nitrogens is 3. The first kappa shape index (κ1) is 16.4. The van der Waals surface area contributed by atoms with Crippen molar-refractivity contribution in [3.05, 3.63) is 23.0 Å². The van der Waals surface area contributed by atoms with Gasteiger partial charge in [0.15, 0.2) is 5.65 Å². The first-order chi connectivity index (χ1) is 11.3. The first-order valence-corrected chi connectivity index (χ1v) is 8.12. The Morgan fingerprint density at radius 1 is 1.46 bits per heavy atom. The fourth-order valence-corrected chi connectivity index (χ4v) is 3.00. The summed E-state index contributed by atoms with van der Waals surface area (Å²) >= 11 is 0. The molecule has 1 N–H and O–H groups in total. The van der Waals surface area contributed by atoms with Gasteiger partial charge in [-0.05, 0) is 25.8 Å². The molecule has 0 radical (unpaired) electrons. The highest BCUT2D eigenvalue weighted by molar-refractivity contribution is 6.06. The lowest BCUT2D eigenvalue weighted by atomic mass is 10.1. The molecule has 2 aromatic rings. The molecule has 1 amide bonds. The molecule has 0 aliphatic heterocycles. The van der Waals surface area contributed by atoms with Crippen LogP contribution in [0.2, 0.25) is 0 Å². The monoisotopic (exact) mass is 330 g/mol. The van der Waals surface area contributed by atoms with Gasteiger partial charge in [0.05, 0.1) is 22.6 Å².